The third kappa shape index (κ3) is 3.33. The SMILES string of the molecule is O=C(c1cocn1)N1CC[C@@H]2[C@@H](CCC(=O)N2CCc2cccs2)C1. The smallest absolute Gasteiger partial charge is 0.275 e. The Bertz CT molecular complexity index is 729. The van der Waals surface area contributed by atoms with Gasteiger partial charge in [0.2, 0.25) is 5.91 Å². The minimum atomic E-state index is -0.0748. The third-order valence-corrected chi connectivity index (χ3v) is 6.20. The monoisotopic (exact) mass is 359 g/mol. The molecule has 2 saturated heterocycles. The Morgan fingerprint density at radius 2 is 2.32 bits per heavy atom. The van der Waals surface area contributed by atoms with E-state index in [4.69, 9.17) is 4.42 Å². The van der Waals surface area contributed by atoms with Gasteiger partial charge < -0.3 is 14.2 Å². The van der Waals surface area contributed by atoms with Crippen LogP contribution in [0.1, 0.15) is 34.6 Å². The predicted octanol–water partition coefficient (Wildman–Crippen LogP) is 2.43. The normalized spacial score (nSPS) is 23.6. The molecular weight excluding hydrogens is 338 g/mol. The Morgan fingerprint density at radius 1 is 1.40 bits per heavy atom. The van der Waals surface area contributed by atoms with Gasteiger partial charge in [0.25, 0.3) is 5.91 Å². The van der Waals surface area contributed by atoms with Crippen LogP contribution in [-0.4, -0.2) is 52.3 Å². The number of rotatable bonds is 4. The molecule has 2 amide bonds. The molecule has 0 unspecified atom stereocenters. The summed E-state index contributed by atoms with van der Waals surface area (Å²) in [6.07, 6.45) is 5.87. The first kappa shape index (κ1) is 16.3. The van der Waals surface area contributed by atoms with Crippen molar-refractivity contribution in [2.24, 2.45) is 5.92 Å². The highest BCUT2D eigenvalue weighted by atomic mass is 32.1. The second kappa shape index (κ2) is 7.00. The molecule has 0 radical (unpaired) electrons. The summed E-state index contributed by atoms with van der Waals surface area (Å²) in [5, 5.41) is 2.07. The van der Waals surface area contributed by atoms with Crippen LogP contribution >= 0.6 is 11.3 Å². The molecule has 0 aliphatic carbocycles. The minimum absolute atomic E-state index is 0.0748. The zero-order chi connectivity index (χ0) is 17.2. The van der Waals surface area contributed by atoms with Crippen molar-refractivity contribution in [2.75, 3.05) is 19.6 Å². The van der Waals surface area contributed by atoms with E-state index in [9.17, 15) is 9.59 Å². The number of fused-ring (bicyclic) bond motifs is 1. The number of carbonyl (C=O) groups excluding carboxylic acids is 2. The van der Waals surface area contributed by atoms with E-state index in [2.05, 4.69) is 27.4 Å². The van der Waals surface area contributed by atoms with E-state index in [-0.39, 0.29) is 17.9 Å². The molecule has 2 aromatic rings. The number of nitrogens with zero attached hydrogens (tertiary/aromatic N) is 3. The van der Waals surface area contributed by atoms with Crippen LogP contribution in [0.3, 0.4) is 0 Å². The summed E-state index contributed by atoms with van der Waals surface area (Å²) in [6, 6.07) is 4.42. The maximum absolute atomic E-state index is 12.5. The zero-order valence-electron chi connectivity index (χ0n) is 14.0. The molecule has 6 nitrogen and oxygen atoms in total. The summed E-state index contributed by atoms with van der Waals surface area (Å²) in [5.41, 5.74) is 0.361. The van der Waals surface area contributed by atoms with Crippen molar-refractivity contribution in [3.63, 3.8) is 0 Å². The second-order valence-corrected chi connectivity index (χ2v) is 7.73. The van der Waals surface area contributed by atoms with Crippen molar-refractivity contribution in [2.45, 2.75) is 31.7 Å². The van der Waals surface area contributed by atoms with Gasteiger partial charge in [0.15, 0.2) is 12.1 Å². The van der Waals surface area contributed by atoms with E-state index in [1.54, 1.807) is 11.3 Å². The van der Waals surface area contributed by atoms with Gasteiger partial charge in [0.1, 0.15) is 6.26 Å². The van der Waals surface area contributed by atoms with Crippen molar-refractivity contribution in [1.82, 2.24) is 14.8 Å². The zero-order valence-corrected chi connectivity index (χ0v) is 14.8. The number of amides is 2. The van der Waals surface area contributed by atoms with Crippen LogP contribution in [-0.2, 0) is 11.2 Å². The lowest BCUT2D eigenvalue weighted by Gasteiger charge is -2.47. The van der Waals surface area contributed by atoms with Gasteiger partial charge in [0.05, 0.1) is 0 Å². The van der Waals surface area contributed by atoms with Crippen molar-refractivity contribution < 1.29 is 14.0 Å². The van der Waals surface area contributed by atoms with Gasteiger partial charge in [-0.25, -0.2) is 4.98 Å². The maximum atomic E-state index is 12.5. The number of hydrogen-bond donors (Lipinski definition) is 0. The average molecular weight is 359 g/mol. The molecule has 0 bridgehead atoms. The van der Waals surface area contributed by atoms with Crippen LogP contribution < -0.4 is 0 Å². The lowest BCUT2D eigenvalue weighted by Crippen LogP contribution is -2.57. The van der Waals surface area contributed by atoms with Crippen molar-refractivity contribution in [3.05, 3.63) is 40.7 Å². The van der Waals surface area contributed by atoms with Gasteiger partial charge in [-0.15, -0.1) is 11.3 Å². The standard InChI is InChI=1S/C18H21N3O3S/c22-17-4-3-13-10-20(18(23)15-11-24-12-19-15)7-6-16(13)21(17)8-5-14-2-1-9-25-14/h1-2,9,11-13,16H,3-8,10H2/t13-,16+/m0/s1. The van der Waals surface area contributed by atoms with E-state index in [0.717, 1.165) is 25.8 Å². The summed E-state index contributed by atoms with van der Waals surface area (Å²) in [5.74, 6) is 0.536. The molecule has 0 saturated carbocycles. The van der Waals surface area contributed by atoms with Gasteiger partial charge >= 0.3 is 0 Å². The number of thiophene rings is 1. The Hall–Kier alpha value is -2.15. The molecule has 4 rings (SSSR count). The average Bonchev–Trinajstić information content (AvgIpc) is 3.33. The van der Waals surface area contributed by atoms with E-state index in [1.807, 2.05) is 4.90 Å². The van der Waals surface area contributed by atoms with Crippen molar-refractivity contribution >= 4 is 23.2 Å². The first-order chi connectivity index (χ1) is 12.2. The summed E-state index contributed by atoms with van der Waals surface area (Å²) in [4.78, 5) is 34.1. The third-order valence-electron chi connectivity index (χ3n) is 5.26. The van der Waals surface area contributed by atoms with Crippen LogP contribution in [0.5, 0.6) is 0 Å². The topological polar surface area (TPSA) is 66.7 Å². The molecule has 0 aromatic carbocycles. The van der Waals surface area contributed by atoms with E-state index < -0.39 is 0 Å². The number of carbonyl (C=O) groups is 2. The fraction of sp³-hybridized carbons (Fsp3) is 0.500. The van der Waals surface area contributed by atoms with Crippen LogP contribution in [0.4, 0.5) is 0 Å². The number of likely N-dealkylation sites (tertiary alicyclic amines) is 2. The highest BCUT2D eigenvalue weighted by Crippen LogP contribution is 2.32. The Kier molecular flexibility index (Phi) is 4.57. The maximum Gasteiger partial charge on any atom is 0.275 e. The number of piperidine rings is 2. The summed E-state index contributed by atoms with van der Waals surface area (Å²) in [6.45, 7) is 2.13. The lowest BCUT2D eigenvalue weighted by atomic mass is 9.83. The van der Waals surface area contributed by atoms with E-state index >= 15 is 0 Å². The molecule has 2 aliphatic heterocycles. The van der Waals surface area contributed by atoms with Crippen LogP contribution in [0.2, 0.25) is 0 Å². The van der Waals surface area contributed by atoms with Gasteiger partial charge in [-0.1, -0.05) is 6.07 Å². The van der Waals surface area contributed by atoms with Gasteiger partial charge in [-0.3, -0.25) is 9.59 Å². The van der Waals surface area contributed by atoms with Gasteiger partial charge in [0, 0.05) is 37.0 Å². The predicted molar refractivity (Wildman–Crippen MR) is 93.3 cm³/mol. The van der Waals surface area contributed by atoms with Gasteiger partial charge in [-0.2, -0.15) is 0 Å². The molecule has 2 atom stereocenters. The van der Waals surface area contributed by atoms with E-state index in [1.165, 1.54) is 17.5 Å². The Morgan fingerprint density at radius 3 is 3.08 bits per heavy atom. The summed E-state index contributed by atoms with van der Waals surface area (Å²) in [7, 11) is 0. The molecule has 25 heavy (non-hydrogen) atoms. The number of aromatic nitrogens is 1. The molecular formula is C18H21N3O3S. The van der Waals surface area contributed by atoms with Crippen molar-refractivity contribution in [1.29, 1.82) is 0 Å². The molecule has 0 N–H and O–H groups in total. The number of hydrogen-bond acceptors (Lipinski definition) is 5. The lowest BCUT2D eigenvalue weighted by molar-refractivity contribution is -0.140. The van der Waals surface area contributed by atoms with Crippen LogP contribution in [0, 0.1) is 5.92 Å². The Labute approximate surface area is 150 Å². The quantitative estimate of drug-likeness (QED) is 0.841. The molecule has 0 spiro atoms. The second-order valence-electron chi connectivity index (χ2n) is 6.70. The minimum Gasteiger partial charge on any atom is -0.451 e. The summed E-state index contributed by atoms with van der Waals surface area (Å²) < 4.78 is 4.92. The fourth-order valence-electron chi connectivity index (χ4n) is 3.99. The van der Waals surface area contributed by atoms with E-state index in [0.29, 0.717) is 31.1 Å². The molecule has 2 aromatic heterocycles. The fourth-order valence-corrected chi connectivity index (χ4v) is 4.69. The van der Waals surface area contributed by atoms with Gasteiger partial charge in [-0.05, 0) is 36.6 Å². The molecule has 7 heteroatoms. The summed E-state index contributed by atoms with van der Waals surface area (Å²) >= 11 is 1.74. The van der Waals surface area contributed by atoms with Crippen LogP contribution in [0.15, 0.2) is 34.6 Å². The largest absolute Gasteiger partial charge is 0.451 e. The first-order valence-corrected chi connectivity index (χ1v) is 9.59. The molecule has 132 valence electrons. The highest BCUT2D eigenvalue weighted by molar-refractivity contribution is 7.09. The molecule has 2 aliphatic rings. The highest BCUT2D eigenvalue weighted by Gasteiger charge is 2.40. The van der Waals surface area contributed by atoms with Crippen LogP contribution in [0.25, 0.3) is 0 Å². The first-order valence-electron chi connectivity index (χ1n) is 8.71. The Balaban J connectivity index is 1.41. The van der Waals surface area contributed by atoms with Crippen molar-refractivity contribution in [3.8, 4) is 0 Å². The number of oxazole rings is 1. The molecule has 2 fully saturated rings. The molecule has 4 heterocycles.